The van der Waals surface area contributed by atoms with Crippen molar-refractivity contribution in [3.05, 3.63) is 11.6 Å². The molecule has 0 radical (unpaired) electrons. The molecular weight excluding hydrogens is 164 g/mol. The first kappa shape index (κ1) is 12.7. The van der Waals surface area contributed by atoms with Crippen LogP contribution >= 0.6 is 0 Å². The van der Waals surface area contributed by atoms with Gasteiger partial charge in [-0.05, 0) is 18.4 Å². The highest BCUT2D eigenvalue weighted by molar-refractivity contribution is 5.01. The molecule has 0 spiro atoms. The molecule has 0 aliphatic carbocycles. The van der Waals surface area contributed by atoms with E-state index in [1.165, 1.54) is 32.1 Å². The normalized spacial score (nSPS) is 10.1. The van der Waals surface area contributed by atoms with Gasteiger partial charge < -0.3 is 10.2 Å². The average molecular weight is 186 g/mol. The van der Waals surface area contributed by atoms with E-state index in [-0.39, 0.29) is 13.2 Å². The van der Waals surface area contributed by atoms with Crippen molar-refractivity contribution in [1.29, 1.82) is 0 Å². The number of allylic oxidation sites excluding steroid dienone is 1. The van der Waals surface area contributed by atoms with Gasteiger partial charge in [-0.3, -0.25) is 0 Å². The summed E-state index contributed by atoms with van der Waals surface area (Å²) in [5, 5.41) is 17.5. The highest BCUT2D eigenvalue weighted by Gasteiger charge is 1.92. The van der Waals surface area contributed by atoms with Crippen LogP contribution in [0.4, 0.5) is 0 Å². The molecule has 0 aliphatic heterocycles. The van der Waals surface area contributed by atoms with E-state index in [1.54, 1.807) is 0 Å². The van der Waals surface area contributed by atoms with Crippen LogP contribution in [0.25, 0.3) is 0 Å². The summed E-state index contributed by atoms with van der Waals surface area (Å²) in [5.41, 5.74) is 0.746. The standard InChI is InChI=1S/C11H22O2/c1-2-3-4-5-6-7-8-11(9-12)10-13/h8,12-13H,2-7,9-10H2,1H3. The van der Waals surface area contributed by atoms with Gasteiger partial charge in [-0.1, -0.05) is 38.7 Å². The first-order valence-corrected chi connectivity index (χ1v) is 5.24. The van der Waals surface area contributed by atoms with E-state index in [0.29, 0.717) is 0 Å². The number of hydrogen-bond donors (Lipinski definition) is 2. The largest absolute Gasteiger partial charge is 0.392 e. The Morgan fingerprint density at radius 3 is 2.15 bits per heavy atom. The minimum atomic E-state index is -0.00847. The molecule has 78 valence electrons. The Morgan fingerprint density at radius 1 is 1.00 bits per heavy atom. The fraction of sp³-hybridized carbons (Fsp3) is 0.818. The van der Waals surface area contributed by atoms with Crippen LogP contribution in [0.15, 0.2) is 11.6 Å². The Balaban J connectivity index is 3.27. The van der Waals surface area contributed by atoms with Crippen LogP contribution in [-0.4, -0.2) is 23.4 Å². The third-order valence-electron chi connectivity index (χ3n) is 2.15. The number of aliphatic hydroxyl groups is 2. The van der Waals surface area contributed by atoms with E-state index >= 15 is 0 Å². The first-order chi connectivity index (χ1) is 6.35. The maximum Gasteiger partial charge on any atom is 0.0663 e. The van der Waals surface area contributed by atoms with Crippen LogP contribution in [0, 0.1) is 0 Å². The van der Waals surface area contributed by atoms with Gasteiger partial charge in [0, 0.05) is 0 Å². The molecule has 0 saturated carbocycles. The molecule has 0 rings (SSSR count). The van der Waals surface area contributed by atoms with Crippen LogP contribution in [-0.2, 0) is 0 Å². The average Bonchev–Trinajstić information content (AvgIpc) is 2.17. The van der Waals surface area contributed by atoms with Gasteiger partial charge in [-0.25, -0.2) is 0 Å². The summed E-state index contributed by atoms with van der Waals surface area (Å²) in [4.78, 5) is 0. The molecule has 0 aromatic carbocycles. The molecular formula is C11H22O2. The lowest BCUT2D eigenvalue weighted by Crippen LogP contribution is -1.95. The summed E-state index contributed by atoms with van der Waals surface area (Å²) < 4.78 is 0. The Bertz CT molecular complexity index is 124. The van der Waals surface area contributed by atoms with Crippen molar-refractivity contribution in [3.8, 4) is 0 Å². The Labute approximate surface area is 81.3 Å². The fourth-order valence-electron chi connectivity index (χ4n) is 1.23. The molecule has 0 aromatic rings. The number of aliphatic hydroxyl groups excluding tert-OH is 2. The van der Waals surface area contributed by atoms with E-state index in [9.17, 15) is 0 Å². The summed E-state index contributed by atoms with van der Waals surface area (Å²) >= 11 is 0. The van der Waals surface area contributed by atoms with E-state index < -0.39 is 0 Å². The van der Waals surface area contributed by atoms with E-state index in [1.807, 2.05) is 6.08 Å². The van der Waals surface area contributed by atoms with Gasteiger partial charge in [0.05, 0.1) is 13.2 Å². The maximum atomic E-state index is 8.74. The lowest BCUT2D eigenvalue weighted by Gasteiger charge is -1.99. The molecule has 2 heteroatoms. The van der Waals surface area contributed by atoms with Crippen molar-refractivity contribution in [1.82, 2.24) is 0 Å². The molecule has 0 saturated heterocycles. The van der Waals surface area contributed by atoms with Crippen molar-refractivity contribution in [3.63, 3.8) is 0 Å². The molecule has 0 atom stereocenters. The van der Waals surface area contributed by atoms with Crippen molar-refractivity contribution in [2.24, 2.45) is 0 Å². The van der Waals surface area contributed by atoms with Gasteiger partial charge in [0.25, 0.3) is 0 Å². The Morgan fingerprint density at radius 2 is 1.62 bits per heavy atom. The van der Waals surface area contributed by atoms with Gasteiger partial charge in [-0.2, -0.15) is 0 Å². The summed E-state index contributed by atoms with van der Waals surface area (Å²) in [7, 11) is 0. The van der Waals surface area contributed by atoms with Crippen molar-refractivity contribution in [2.75, 3.05) is 13.2 Å². The number of hydrogen-bond acceptors (Lipinski definition) is 2. The Hall–Kier alpha value is -0.340. The van der Waals surface area contributed by atoms with E-state index in [0.717, 1.165) is 12.0 Å². The molecule has 0 aromatic heterocycles. The fourth-order valence-corrected chi connectivity index (χ4v) is 1.23. The van der Waals surface area contributed by atoms with Gasteiger partial charge in [-0.15, -0.1) is 0 Å². The zero-order valence-corrected chi connectivity index (χ0v) is 8.63. The molecule has 13 heavy (non-hydrogen) atoms. The summed E-state index contributed by atoms with van der Waals surface area (Å²) in [6.45, 7) is 2.19. The van der Waals surface area contributed by atoms with E-state index in [4.69, 9.17) is 10.2 Å². The molecule has 0 amide bonds. The minimum Gasteiger partial charge on any atom is -0.392 e. The molecule has 0 heterocycles. The van der Waals surface area contributed by atoms with Crippen LogP contribution in [0.1, 0.15) is 45.4 Å². The lowest BCUT2D eigenvalue weighted by atomic mass is 10.1. The second-order valence-electron chi connectivity index (χ2n) is 3.38. The summed E-state index contributed by atoms with van der Waals surface area (Å²) in [6.07, 6.45) is 9.26. The minimum absolute atomic E-state index is 0.00847. The lowest BCUT2D eigenvalue weighted by molar-refractivity contribution is 0.276. The predicted octanol–water partition coefficient (Wildman–Crippen LogP) is 2.26. The number of unbranched alkanes of at least 4 members (excludes halogenated alkanes) is 5. The van der Waals surface area contributed by atoms with Gasteiger partial charge in [0.2, 0.25) is 0 Å². The zero-order chi connectivity index (χ0) is 9.94. The van der Waals surface area contributed by atoms with Crippen molar-refractivity contribution >= 4 is 0 Å². The molecule has 0 fully saturated rings. The summed E-state index contributed by atoms with van der Waals surface area (Å²) in [6, 6.07) is 0. The van der Waals surface area contributed by atoms with Crippen molar-refractivity contribution < 1.29 is 10.2 Å². The maximum absolute atomic E-state index is 8.74. The van der Waals surface area contributed by atoms with Crippen LogP contribution < -0.4 is 0 Å². The highest BCUT2D eigenvalue weighted by Crippen LogP contribution is 2.06. The predicted molar refractivity (Wildman–Crippen MR) is 55.6 cm³/mol. The first-order valence-electron chi connectivity index (χ1n) is 5.24. The third kappa shape index (κ3) is 8.00. The Kier molecular flexibility index (Phi) is 9.49. The van der Waals surface area contributed by atoms with Crippen LogP contribution in [0.2, 0.25) is 0 Å². The monoisotopic (exact) mass is 186 g/mol. The second kappa shape index (κ2) is 9.75. The molecule has 0 bridgehead atoms. The second-order valence-corrected chi connectivity index (χ2v) is 3.38. The smallest absolute Gasteiger partial charge is 0.0663 e. The third-order valence-corrected chi connectivity index (χ3v) is 2.15. The van der Waals surface area contributed by atoms with Crippen LogP contribution in [0.5, 0.6) is 0 Å². The van der Waals surface area contributed by atoms with E-state index in [2.05, 4.69) is 6.92 Å². The molecule has 0 unspecified atom stereocenters. The zero-order valence-electron chi connectivity index (χ0n) is 8.63. The molecule has 2 N–H and O–H groups in total. The van der Waals surface area contributed by atoms with Gasteiger partial charge in [0.1, 0.15) is 0 Å². The summed E-state index contributed by atoms with van der Waals surface area (Å²) in [5.74, 6) is 0. The number of rotatable bonds is 8. The van der Waals surface area contributed by atoms with Crippen LogP contribution in [0.3, 0.4) is 0 Å². The molecule has 0 aliphatic rings. The topological polar surface area (TPSA) is 40.5 Å². The van der Waals surface area contributed by atoms with Crippen molar-refractivity contribution in [2.45, 2.75) is 45.4 Å². The molecule has 2 nitrogen and oxygen atoms in total. The quantitative estimate of drug-likeness (QED) is 0.451. The van der Waals surface area contributed by atoms with Gasteiger partial charge >= 0.3 is 0 Å². The SMILES string of the molecule is CCCCCCCC=C(CO)CO. The van der Waals surface area contributed by atoms with Gasteiger partial charge in [0.15, 0.2) is 0 Å². The highest BCUT2D eigenvalue weighted by atomic mass is 16.3.